The molecule has 0 unspecified atom stereocenters. The van der Waals surface area contributed by atoms with Gasteiger partial charge in [0.25, 0.3) is 5.91 Å². The third-order valence-electron chi connectivity index (χ3n) is 3.45. The number of rotatable bonds is 7. The molecule has 0 aliphatic carbocycles. The molecule has 0 fully saturated rings. The van der Waals surface area contributed by atoms with Gasteiger partial charge < -0.3 is 10.2 Å². The molecule has 0 saturated heterocycles. The smallest absolute Gasteiger partial charge is 0.272 e. The minimum Gasteiger partial charge on any atom is -0.366 e. The number of nitrogens with zero attached hydrogens (tertiary/aromatic N) is 4. The van der Waals surface area contributed by atoms with Gasteiger partial charge in [0.1, 0.15) is 17.3 Å². The normalized spacial score (nSPS) is 10.4. The fourth-order valence-electron chi connectivity index (χ4n) is 2.16. The van der Waals surface area contributed by atoms with E-state index in [1.807, 2.05) is 12.1 Å². The van der Waals surface area contributed by atoms with Gasteiger partial charge in [0.05, 0.1) is 0 Å². The third kappa shape index (κ3) is 5.02. The van der Waals surface area contributed by atoms with Crippen molar-refractivity contribution in [1.82, 2.24) is 19.9 Å². The van der Waals surface area contributed by atoms with Crippen molar-refractivity contribution in [2.24, 2.45) is 0 Å². The summed E-state index contributed by atoms with van der Waals surface area (Å²) in [5.41, 5.74) is 1.47. The third-order valence-corrected chi connectivity index (χ3v) is 3.45. The highest BCUT2D eigenvalue weighted by Crippen LogP contribution is 2.11. The van der Waals surface area contributed by atoms with E-state index in [1.165, 1.54) is 0 Å². The van der Waals surface area contributed by atoms with Gasteiger partial charge in [-0.2, -0.15) is 0 Å². The van der Waals surface area contributed by atoms with Crippen LogP contribution in [0.1, 0.15) is 41.6 Å². The van der Waals surface area contributed by atoms with E-state index in [0.29, 0.717) is 23.9 Å². The van der Waals surface area contributed by atoms with Gasteiger partial charge in [-0.05, 0) is 25.0 Å². The first-order valence-corrected chi connectivity index (χ1v) is 7.84. The molecule has 0 aromatic carbocycles. The molecule has 23 heavy (non-hydrogen) atoms. The van der Waals surface area contributed by atoms with Crippen LogP contribution in [-0.2, 0) is 6.54 Å². The molecule has 122 valence electrons. The van der Waals surface area contributed by atoms with Crippen molar-refractivity contribution < 1.29 is 4.79 Å². The highest BCUT2D eigenvalue weighted by Gasteiger charge is 2.14. The molecule has 0 aliphatic heterocycles. The predicted octanol–water partition coefficient (Wildman–Crippen LogP) is 2.66. The summed E-state index contributed by atoms with van der Waals surface area (Å²) in [4.78, 5) is 26.8. The Morgan fingerprint density at radius 1 is 1.35 bits per heavy atom. The minimum absolute atomic E-state index is 0.0756. The Morgan fingerprint density at radius 2 is 2.17 bits per heavy atom. The molecule has 2 rings (SSSR count). The molecule has 0 saturated carbocycles. The Kier molecular flexibility index (Phi) is 6.02. The first-order chi connectivity index (χ1) is 11.1. The summed E-state index contributed by atoms with van der Waals surface area (Å²) in [5.74, 6) is 1.15. The largest absolute Gasteiger partial charge is 0.366 e. The van der Waals surface area contributed by atoms with Crippen molar-refractivity contribution in [3.8, 4) is 0 Å². The Hall–Kier alpha value is -2.50. The standard InChI is InChI=1S/C17H23N5O/c1-4-5-9-22(3)17(23)15-10-16(21-13(2)20-15)19-12-14-7-6-8-18-11-14/h6-8,10-11H,4-5,9,12H2,1-3H3,(H,19,20,21). The van der Waals surface area contributed by atoms with Crippen LogP contribution in [0.3, 0.4) is 0 Å². The number of carbonyl (C=O) groups excluding carboxylic acids is 1. The highest BCUT2D eigenvalue weighted by atomic mass is 16.2. The van der Waals surface area contributed by atoms with Crippen LogP contribution in [0.15, 0.2) is 30.6 Å². The Bertz CT molecular complexity index is 645. The van der Waals surface area contributed by atoms with Gasteiger partial charge in [0.2, 0.25) is 0 Å². The van der Waals surface area contributed by atoms with Crippen molar-refractivity contribution in [2.75, 3.05) is 18.9 Å². The minimum atomic E-state index is -0.0756. The topological polar surface area (TPSA) is 71.0 Å². The van der Waals surface area contributed by atoms with Gasteiger partial charge in [0.15, 0.2) is 0 Å². The molecular formula is C17H23N5O. The number of amides is 1. The Balaban J connectivity index is 2.07. The maximum absolute atomic E-state index is 12.4. The number of hydrogen-bond acceptors (Lipinski definition) is 5. The SMILES string of the molecule is CCCCN(C)C(=O)c1cc(NCc2cccnc2)nc(C)n1. The van der Waals surface area contributed by atoms with Crippen molar-refractivity contribution in [1.29, 1.82) is 0 Å². The van der Waals surface area contributed by atoms with E-state index >= 15 is 0 Å². The lowest BCUT2D eigenvalue weighted by Gasteiger charge is -2.17. The fraction of sp³-hybridized carbons (Fsp3) is 0.412. The molecule has 0 atom stereocenters. The number of anilines is 1. The average molecular weight is 313 g/mol. The van der Waals surface area contributed by atoms with Crippen LogP contribution < -0.4 is 5.32 Å². The summed E-state index contributed by atoms with van der Waals surface area (Å²) < 4.78 is 0. The Labute approximate surface area is 137 Å². The highest BCUT2D eigenvalue weighted by molar-refractivity contribution is 5.92. The van der Waals surface area contributed by atoms with Crippen LogP contribution in [0, 0.1) is 6.92 Å². The van der Waals surface area contributed by atoms with Gasteiger partial charge in [-0.1, -0.05) is 19.4 Å². The zero-order valence-corrected chi connectivity index (χ0v) is 13.9. The lowest BCUT2D eigenvalue weighted by Crippen LogP contribution is -2.28. The second kappa shape index (κ2) is 8.22. The van der Waals surface area contributed by atoms with Crippen LogP contribution in [0.25, 0.3) is 0 Å². The maximum Gasteiger partial charge on any atom is 0.272 e. The number of carbonyl (C=O) groups is 1. The fourth-order valence-corrected chi connectivity index (χ4v) is 2.16. The first kappa shape index (κ1) is 16.9. The van der Waals surface area contributed by atoms with Gasteiger partial charge in [-0.3, -0.25) is 9.78 Å². The summed E-state index contributed by atoms with van der Waals surface area (Å²) in [7, 11) is 1.80. The van der Waals surface area contributed by atoms with Gasteiger partial charge in [-0.25, -0.2) is 9.97 Å². The van der Waals surface area contributed by atoms with E-state index in [-0.39, 0.29) is 5.91 Å². The van der Waals surface area contributed by atoms with Crippen LogP contribution in [0.2, 0.25) is 0 Å². The molecule has 1 amide bonds. The van der Waals surface area contributed by atoms with E-state index in [4.69, 9.17) is 0 Å². The molecule has 0 spiro atoms. The van der Waals surface area contributed by atoms with Gasteiger partial charge >= 0.3 is 0 Å². The van der Waals surface area contributed by atoms with Crippen LogP contribution >= 0.6 is 0 Å². The quantitative estimate of drug-likeness (QED) is 0.851. The number of nitrogens with one attached hydrogen (secondary N) is 1. The number of unbranched alkanes of at least 4 members (excludes halogenated alkanes) is 1. The maximum atomic E-state index is 12.4. The van der Waals surface area contributed by atoms with Crippen LogP contribution in [0.4, 0.5) is 5.82 Å². The Morgan fingerprint density at radius 3 is 2.87 bits per heavy atom. The van der Waals surface area contributed by atoms with E-state index in [9.17, 15) is 4.79 Å². The van der Waals surface area contributed by atoms with E-state index < -0.39 is 0 Å². The monoisotopic (exact) mass is 313 g/mol. The second-order valence-corrected chi connectivity index (χ2v) is 5.48. The first-order valence-electron chi connectivity index (χ1n) is 7.84. The molecule has 2 aromatic rings. The zero-order chi connectivity index (χ0) is 16.7. The van der Waals surface area contributed by atoms with Crippen molar-refractivity contribution in [3.05, 3.63) is 47.7 Å². The molecule has 2 aromatic heterocycles. The van der Waals surface area contributed by atoms with Crippen molar-refractivity contribution in [3.63, 3.8) is 0 Å². The van der Waals surface area contributed by atoms with Crippen LogP contribution in [-0.4, -0.2) is 39.4 Å². The second-order valence-electron chi connectivity index (χ2n) is 5.48. The molecule has 6 heteroatoms. The zero-order valence-electron chi connectivity index (χ0n) is 13.9. The molecule has 1 N–H and O–H groups in total. The number of hydrogen-bond donors (Lipinski definition) is 1. The number of pyridine rings is 1. The summed E-state index contributed by atoms with van der Waals surface area (Å²) >= 11 is 0. The number of aromatic nitrogens is 3. The average Bonchev–Trinajstić information content (AvgIpc) is 2.57. The predicted molar refractivity (Wildman–Crippen MR) is 90.2 cm³/mol. The van der Waals surface area contributed by atoms with Crippen molar-refractivity contribution >= 4 is 11.7 Å². The van der Waals surface area contributed by atoms with Crippen LogP contribution in [0.5, 0.6) is 0 Å². The molecule has 2 heterocycles. The molecule has 0 radical (unpaired) electrons. The lowest BCUT2D eigenvalue weighted by molar-refractivity contribution is 0.0787. The molecular weight excluding hydrogens is 290 g/mol. The number of aryl methyl sites for hydroxylation is 1. The summed E-state index contributed by atoms with van der Waals surface area (Å²) in [6.07, 6.45) is 5.57. The lowest BCUT2D eigenvalue weighted by atomic mass is 10.2. The molecule has 0 bridgehead atoms. The van der Waals surface area contributed by atoms with E-state index in [1.54, 1.807) is 37.3 Å². The summed E-state index contributed by atoms with van der Waals surface area (Å²) in [5, 5.41) is 3.22. The van der Waals surface area contributed by atoms with Gasteiger partial charge in [-0.15, -0.1) is 0 Å². The van der Waals surface area contributed by atoms with E-state index in [2.05, 4.69) is 27.2 Å². The van der Waals surface area contributed by atoms with E-state index in [0.717, 1.165) is 24.9 Å². The van der Waals surface area contributed by atoms with Gasteiger partial charge in [0, 0.05) is 38.6 Å². The summed E-state index contributed by atoms with van der Waals surface area (Å²) in [6, 6.07) is 5.58. The molecule has 6 nitrogen and oxygen atoms in total. The van der Waals surface area contributed by atoms with Crippen molar-refractivity contribution in [2.45, 2.75) is 33.2 Å². The molecule has 0 aliphatic rings. The summed E-state index contributed by atoms with van der Waals surface area (Å²) in [6.45, 7) is 5.23.